The van der Waals surface area contributed by atoms with E-state index in [4.69, 9.17) is 0 Å². The highest BCUT2D eigenvalue weighted by Gasteiger charge is 2.52. The Morgan fingerprint density at radius 3 is 2.64 bits per heavy atom. The van der Waals surface area contributed by atoms with Crippen molar-refractivity contribution in [2.75, 3.05) is 20.1 Å². The number of likely N-dealkylation sites (N-methyl/N-ethyl adjacent to an activating group) is 1. The molecule has 0 radical (unpaired) electrons. The standard InChI is InChI=1S/C11H22NO2/c1-3-8-7-12(2)6-4-5-9(12)11(14)10(8)13/h8-11,13-14H,3-7H2,1-2H3/q+1/t8-,9-,10-,11+,12+/m0/s1. The third-order valence-electron chi connectivity index (χ3n) is 4.37. The fourth-order valence-electron chi connectivity index (χ4n) is 3.43. The maximum Gasteiger partial charge on any atom is 0.132 e. The van der Waals surface area contributed by atoms with Gasteiger partial charge < -0.3 is 14.7 Å². The van der Waals surface area contributed by atoms with E-state index in [2.05, 4.69) is 14.0 Å². The van der Waals surface area contributed by atoms with Crippen LogP contribution in [0.25, 0.3) is 0 Å². The predicted molar refractivity (Wildman–Crippen MR) is 54.7 cm³/mol. The smallest absolute Gasteiger partial charge is 0.132 e. The summed E-state index contributed by atoms with van der Waals surface area (Å²) in [6, 6.07) is 0.285. The molecule has 2 N–H and O–H groups in total. The first-order chi connectivity index (χ1) is 6.58. The highest BCUT2D eigenvalue weighted by Crippen LogP contribution is 2.36. The Morgan fingerprint density at radius 2 is 2.00 bits per heavy atom. The van der Waals surface area contributed by atoms with E-state index < -0.39 is 12.2 Å². The molecule has 2 fully saturated rings. The molecule has 0 amide bonds. The number of aliphatic hydroxyl groups excluding tert-OH is 2. The van der Waals surface area contributed by atoms with E-state index >= 15 is 0 Å². The van der Waals surface area contributed by atoms with Crippen LogP contribution in [0, 0.1) is 5.92 Å². The van der Waals surface area contributed by atoms with E-state index in [1.54, 1.807) is 0 Å². The van der Waals surface area contributed by atoms with Gasteiger partial charge in [-0.25, -0.2) is 0 Å². The number of nitrogens with zero attached hydrogens (tertiary/aromatic N) is 1. The zero-order valence-electron chi connectivity index (χ0n) is 9.19. The van der Waals surface area contributed by atoms with Crippen molar-refractivity contribution in [1.29, 1.82) is 0 Å². The summed E-state index contributed by atoms with van der Waals surface area (Å²) in [6.07, 6.45) is 2.25. The van der Waals surface area contributed by atoms with Gasteiger partial charge in [0.15, 0.2) is 0 Å². The van der Waals surface area contributed by atoms with Gasteiger partial charge in [0.25, 0.3) is 0 Å². The molecule has 3 nitrogen and oxygen atoms in total. The van der Waals surface area contributed by atoms with Crippen LogP contribution >= 0.6 is 0 Å². The Morgan fingerprint density at radius 1 is 1.29 bits per heavy atom. The van der Waals surface area contributed by atoms with Crippen molar-refractivity contribution in [2.45, 2.75) is 44.4 Å². The second-order valence-corrected chi connectivity index (χ2v) is 5.24. The molecule has 82 valence electrons. The molecule has 5 atom stereocenters. The molecular weight excluding hydrogens is 178 g/mol. The number of quaternary nitrogens is 1. The monoisotopic (exact) mass is 200 g/mol. The summed E-state index contributed by atoms with van der Waals surface area (Å²) in [6.45, 7) is 4.31. The lowest BCUT2D eigenvalue weighted by molar-refractivity contribution is -0.934. The summed E-state index contributed by atoms with van der Waals surface area (Å²) < 4.78 is 0.983. The molecular formula is C11H22NO2+. The second-order valence-electron chi connectivity index (χ2n) is 5.24. The third kappa shape index (κ3) is 1.38. The number of hydrogen-bond acceptors (Lipinski definition) is 2. The summed E-state index contributed by atoms with van der Waals surface area (Å²) in [5.41, 5.74) is 0. The van der Waals surface area contributed by atoms with E-state index in [9.17, 15) is 10.2 Å². The summed E-state index contributed by atoms with van der Waals surface area (Å²) >= 11 is 0. The van der Waals surface area contributed by atoms with Gasteiger partial charge in [-0.05, 0) is 6.42 Å². The maximum absolute atomic E-state index is 10.0. The van der Waals surface area contributed by atoms with Gasteiger partial charge in [0, 0.05) is 18.8 Å². The first-order valence-electron chi connectivity index (χ1n) is 5.79. The number of hydrogen-bond donors (Lipinski definition) is 2. The van der Waals surface area contributed by atoms with Crippen molar-refractivity contribution in [3.8, 4) is 0 Å². The number of rotatable bonds is 1. The SMILES string of the molecule is CC[C@H]1C[N@@+]2(C)CCC[C@H]2[C@@H](O)[C@H]1O. The fourth-order valence-corrected chi connectivity index (χ4v) is 3.43. The average molecular weight is 200 g/mol. The third-order valence-corrected chi connectivity index (χ3v) is 4.37. The molecule has 0 spiro atoms. The summed E-state index contributed by atoms with van der Waals surface area (Å²) in [5.74, 6) is 0.282. The number of aliphatic hydroxyl groups is 2. The molecule has 0 aromatic carbocycles. The van der Waals surface area contributed by atoms with Gasteiger partial charge in [0.1, 0.15) is 12.1 Å². The van der Waals surface area contributed by atoms with Crippen molar-refractivity contribution >= 4 is 0 Å². The van der Waals surface area contributed by atoms with Crippen LogP contribution < -0.4 is 0 Å². The van der Waals surface area contributed by atoms with Crippen LogP contribution in [0.3, 0.4) is 0 Å². The zero-order chi connectivity index (χ0) is 10.3. The first kappa shape index (κ1) is 10.4. The highest BCUT2D eigenvalue weighted by molar-refractivity contribution is 4.89. The second kappa shape index (κ2) is 3.47. The van der Waals surface area contributed by atoms with E-state index in [1.807, 2.05) is 0 Å². The van der Waals surface area contributed by atoms with Crippen LogP contribution in [0.2, 0.25) is 0 Å². The molecule has 2 rings (SSSR count). The lowest BCUT2D eigenvalue weighted by Gasteiger charge is -2.47. The topological polar surface area (TPSA) is 40.5 Å². The van der Waals surface area contributed by atoms with Crippen LogP contribution in [-0.2, 0) is 0 Å². The van der Waals surface area contributed by atoms with Crippen molar-refractivity contribution in [1.82, 2.24) is 0 Å². The molecule has 2 heterocycles. The van der Waals surface area contributed by atoms with Crippen molar-refractivity contribution in [2.24, 2.45) is 5.92 Å². The molecule has 0 aromatic heterocycles. The van der Waals surface area contributed by atoms with E-state index in [-0.39, 0.29) is 12.0 Å². The Labute approximate surface area is 85.9 Å². The van der Waals surface area contributed by atoms with Crippen LogP contribution in [0.5, 0.6) is 0 Å². The van der Waals surface area contributed by atoms with Crippen LogP contribution in [0.15, 0.2) is 0 Å². The molecule has 2 saturated heterocycles. The highest BCUT2D eigenvalue weighted by atomic mass is 16.3. The predicted octanol–water partition coefficient (Wildman–Crippen LogP) is 0.357. The minimum Gasteiger partial charge on any atom is -0.390 e. The fraction of sp³-hybridized carbons (Fsp3) is 1.00. The Balaban J connectivity index is 2.19. The van der Waals surface area contributed by atoms with Crippen molar-refractivity contribution in [3.63, 3.8) is 0 Å². The van der Waals surface area contributed by atoms with Crippen LogP contribution in [-0.4, -0.2) is 53.1 Å². The molecule has 0 unspecified atom stereocenters. The lowest BCUT2D eigenvalue weighted by atomic mass is 9.84. The van der Waals surface area contributed by atoms with E-state index in [0.717, 1.165) is 23.9 Å². The molecule has 0 aromatic rings. The Hall–Kier alpha value is -0.120. The lowest BCUT2D eigenvalue weighted by Crippen LogP contribution is -2.65. The number of piperidine rings is 1. The maximum atomic E-state index is 10.0. The van der Waals surface area contributed by atoms with Gasteiger partial charge in [0.2, 0.25) is 0 Å². The van der Waals surface area contributed by atoms with Gasteiger partial charge in [-0.3, -0.25) is 0 Å². The van der Waals surface area contributed by atoms with Gasteiger partial charge >= 0.3 is 0 Å². The van der Waals surface area contributed by atoms with E-state index in [0.29, 0.717) is 0 Å². The molecule has 0 aliphatic carbocycles. The largest absolute Gasteiger partial charge is 0.390 e. The normalized spacial score (nSPS) is 53.1. The summed E-state index contributed by atoms with van der Waals surface area (Å²) in [7, 11) is 2.23. The molecule has 3 heteroatoms. The Kier molecular flexibility index (Phi) is 2.58. The molecule has 2 aliphatic heterocycles. The van der Waals surface area contributed by atoms with E-state index in [1.165, 1.54) is 13.0 Å². The molecule has 0 bridgehead atoms. The quantitative estimate of drug-likeness (QED) is 0.600. The van der Waals surface area contributed by atoms with Crippen LogP contribution in [0.1, 0.15) is 26.2 Å². The Bertz CT molecular complexity index is 221. The van der Waals surface area contributed by atoms with Crippen LogP contribution in [0.4, 0.5) is 0 Å². The molecule has 14 heavy (non-hydrogen) atoms. The summed E-state index contributed by atoms with van der Waals surface area (Å²) in [4.78, 5) is 0. The first-order valence-corrected chi connectivity index (χ1v) is 5.79. The van der Waals surface area contributed by atoms with Gasteiger partial charge in [-0.15, -0.1) is 0 Å². The van der Waals surface area contributed by atoms with Gasteiger partial charge in [-0.1, -0.05) is 6.92 Å². The zero-order valence-corrected chi connectivity index (χ0v) is 9.19. The minimum absolute atomic E-state index is 0.282. The average Bonchev–Trinajstić information content (AvgIpc) is 2.54. The minimum atomic E-state index is -0.499. The summed E-state index contributed by atoms with van der Waals surface area (Å²) in [5, 5.41) is 20.0. The van der Waals surface area contributed by atoms with Crippen molar-refractivity contribution < 1.29 is 14.7 Å². The molecule has 2 aliphatic rings. The van der Waals surface area contributed by atoms with Crippen molar-refractivity contribution in [3.05, 3.63) is 0 Å². The molecule has 0 saturated carbocycles. The van der Waals surface area contributed by atoms with Gasteiger partial charge in [0.05, 0.1) is 26.2 Å². The number of fused-ring (bicyclic) bond motifs is 1. The van der Waals surface area contributed by atoms with Gasteiger partial charge in [-0.2, -0.15) is 0 Å².